The van der Waals surface area contributed by atoms with Gasteiger partial charge in [0.15, 0.2) is 0 Å². The lowest BCUT2D eigenvalue weighted by molar-refractivity contribution is 0.469. The van der Waals surface area contributed by atoms with Crippen molar-refractivity contribution >= 4 is 5.69 Å². The second kappa shape index (κ2) is 2.66. The molecule has 2 nitrogen and oxygen atoms in total. The molecule has 0 spiro atoms. The Morgan fingerprint density at radius 1 is 1.36 bits per heavy atom. The average molecular weight is 191 g/mol. The van der Waals surface area contributed by atoms with Crippen molar-refractivity contribution in [3.8, 4) is 5.75 Å². The summed E-state index contributed by atoms with van der Waals surface area (Å²) in [6, 6.07) is 1.84. The van der Waals surface area contributed by atoms with Crippen molar-refractivity contribution in [1.29, 1.82) is 0 Å². The van der Waals surface area contributed by atoms with E-state index in [-0.39, 0.29) is 5.54 Å². The monoisotopic (exact) mass is 191 g/mol. The number of hydrogen-bond donors (Lipinski definition) is 2. The Morgan fingerprint density at radius 2 is 2.00 bits per heavy atom. The van der Waals surface area contributed by atoms with E-state index in [0.717, 1.165) is 17.5 Å². The quantitative estimate of drug-likeness (QED) is 0.618. The molecule has 1 heterocycles. The fraction of sp³-hybridized carbons (Fsp3) is 0.500. The second-order valence-electron chi connectivity index (χ2n) is 4.88. The zero-order valence-electron chi connectivity index (χ0n) is 9.23. The third-order valence-corrected chi connectivity index (χ3v) is 2.97. The molecule has 1 aliphatic rings. The van der Waals surface area contributed by atoms with Gasteiger partial charge in [0, 0.05) is 11.2 Å². The molecule has 0 aromatic heterocycles. The molecule has 2 N–H and O–H groups in total. The van der Waals surface area contributed by atoms with Crippen LogP contribution in [-0.4, -0.2) is 10.6 Å². The molecule has 0 radical (unpaired) electrons. The molecule has 1 aromatic carbocycles. The number of nitrogens with one attached hydrogen (secondary N) is 1. The molecule has 0 aliphatic carbocycles. The molecule has 0 fully saturated rings. The Balaban J connectivity index is 2.61. The van der Waals surface area contributed by atoms with Gasteiger partial charge >= 0.3 is 0 Å². The lowest BCUT2D eigenvalue weighted by Crippen LogP contribution is -2.27. The van der Waals surface area contributed by atoms with Crippen LogP contribution in [0.3, 0.4) is 0 Å². The van der Waals surface area contributed by atoms with E-state index in [2.05, 4.69) is 19.2 Å². The van der Waals surface area contributed by atoms with Crippen molar-refractivity contribution in [2.75, 3.05) is 5.32 Å². The van der Waals surface area contributed by atoms with Crippen molar-refractivity contribution in [2.45, 2.75) is 39.7 Å². The number of aromatic hydroxyl groups is 1. The summed E-state index contributed by atoms with van der Waals surface area (Å²) >= 11 is 0. The van der Waals surface area contributed by atoms with E-state index in [4.69, 9.17) is 0 Å². The first-order valence-corrected chi connectivity index (χ1v) is 5.01. The number of anilines is 1. The molecule has 2 rings (SSSR count). The molecule has 1 aliphatic heterocycles. The van der Waals surface area contributed by atoms with Crippen LogP contribution in [0.15, 0.2) is 6.07 Å². The lowest BCUT2D eigenvalue weighted by Gasteiger charge is -2.18. The highest BCUT2D eigenvalue weighted by Crippen LogP contribution is 2.40. The summed E-state index contributed by atoms with van der Waals surface area (Å²) in [4.78, 5) is 0. The van der Waals surface area contributed by atoms with Crippen LogP contribution < -0.4 is 5.32 Å². The topological polar surface area (TPSA) is 32.3 Å². The fourth-order valence-corrected chi connectivity index (χ4v) is 2.19. The van der Waals surface area contributed by atoms with Gasteiger partial charge in [-0.1, -0.05) is 0 Å². The van der Waals surface area contributed by atoms with Crippen molar-refractivity contribution in [2.24, 2.45) is 0 Å². The fourth-order valence-electron chi connectivity index (χ4n) is 2.19. The van der Waals surface area contributed by atoms with E-state index in [9.17, 15) is 5.11 Å². The van der Waals surface area contributed by atoms with Crippen molar-refractivity contribution in [1.82, 2.24) is 0 Å². The van der Waals surface area contributed by atoms with Crippen LogP contribution in [0.1, 0.15) is 30.5 Å². The van der Waals surface area contributed by atoms with Crippen LogP contribution in [0.2, 0.25) is 0 Å². The Hall–Kier alpha value is -1.18. The van der Waals surface area contributed by atoms with E-state index in [1.54, 1.807) is 0 Å². The van der Waals surface area contributed by atoms with Crippen molar-refractivity contribution in [3.63, 3.8) is 0 Å². The minimum atomic E-state index is 0.117. The maximum Gasteiger partial charge on any atom is 0.119 e. The Bertz CT molecular complexity index is 394. The van der Waals surface area contributed by atoms with Crippen LogP contribution in [0.4, 0.5) is 5.69 Å². The van der Waals surface area contributed by atoms with E-state index in [1.165, 1.54) is 11.3 Å². The first-order valence-electron chi connectivity index (χ1n) is 5.01. The highest BCUT2D eigenvalue weighted by atomic mass is 16.3. The number of benzene rings is 1. The van der Waals surface area contributed by atoms with E-state index in [1.807, 2.05) is 19.9 Å². The number of fused-ring (bicyclic) bond motifs is 1. The van der Waals surface area contributed by atoms with Gasteiger partial charge in [0.25, 0.3) is 0 Å². The van der Waals surface area contributed by atoms with E-state index in [0.29, 0.717) is 5.75 Å². The number of rotatable bonds is 0. The Morgan fingerprint density at radius 3 is 2.64 bits per heavy atom. The molecule has 76 valence electrons. The lowest BCUT2D eigenvalue weighted by atomic mass is 9.96. The van der Waals surface area contributed by atoms with Gasteiger partial charge in [0.2, 0.25) is 0 Å². The van der Waals surface area contributed by atoms with Crippen LogP contribution >= 0.6 is 0 Å². The van der Waals surface area contributed by atoms with Gasteiger partial charge in [0.05, 0.1) is 0 Å². The maximum absolute atomic E-state index is 9.71. The highest BCUT2D eigenvalue weighted by molar-refractivity contribution is 5.68. The Kier molecular flexibility index (Phi) is 1.78. The van der Waals surface area contributed by atoms with Gasteiger partial charge in [-0.2, -0.15) is 0 Å². The first kappa shape index (κ1) is 9.38. The average Bonchev–Trinajstić information content (AvgIpc) is 2.38. The van der Waals surface area contributed by atoms with Crippen molar-refractivity contribution in [3.05, 3.63) is 22.8 Å². The summed E-state index contributed by atoms with van der Waals surface area (Å²) < 4.78 is 0. The van der Waals surface area contributed by atoms with E-state index < -0.39 is 0 Å². The minimum Gasteiger partial charge on any atom is -0.508 e. The van der Waals surface area contributed by atoms with Crippen molar-refractivity contribution < 1.29 is 5.11 Å². The summed E-state index contributed by atoms with van der Waals surface area (Å²) in [7, 11) is 0. The molecule has 0 bridgehead atoms. The third-order valence-electron chi connectivity index (χ3n) is 2.97. The molecule has 0 saturated heterocycles. The number of hydrogen-bond acceptors (Lipinski definition) is 2. The number of aryl methyl sites for hydroxylation is 1. The summed E-state index contributed by atoms with van der Waals surface area (Å²) in [6.45, 7) is 8.38. The van der Waals surface area contributed by atoms with Crippen LogP contribution in [0.5, 0.6) is 5.75 Å². The van der Waals surface area contributed by atoms with Crippen LogP contribution in [0, 0.1) is 13.8 Å². The van der Waals surface area contributed by atoms with Gasteiger partial charge in [-0.3, -0.25) is 0 Å². The van der Waals surface area contributed by atoms with Gasteiger partial charge < -0.3 is 10.4 Å². The molecular formula is C12H17NO. The second-order valence-corrected chi connectivity index (χ2v) is 4.88. The van der Waals surface area contributed by atoms with Gasteiger partial charge in [0.1, 0.15) is 5.75 Å². The molecule has 0 unspecified atom stereocenters. The highest BCUT2D eigenvalue weighted by Gasteiger charge is 2.30. The molecule has 2 heteroatoms. The third kappa shape index (κ3) is 1.26. The maximum atomic E-state index is 9.71. The molecule has 14 heavy (non-hydrogen) atoms. The smallest absolute Gasteiger partial charge is 0.119 e. The van der Waals surface area contributed by atoms with Crippen LogP contribution in [-0.2, 0) is 6.42 Å². The molecule has 1 aromatic rings. The first-order chi connectivity index (χ1) is 6.41. The number of phenols is 1. The van der Waals surface area contributed by atoms with Gasteiger partial charge in [-0.05, 0) is 56.9 Å². The molecular weight excluding hydrogens is 174 g/mol. The predicted molar refractivity (Wildman–Crippen MR) is 59.0 cm³/mol. The zero-order valence-corrected chi connectivity index (χ0v) is 9.23. The summed E-state index contributed by atoms with van der Waals surface area (Å²) in [5.41, 5.74) is 4.75. The van der Waals surface area contributed by atoms with Gasteiger partial charge in [-0.15, -0.1) is 0 Å². The molecule has 0 saturated carbocycles. The minimum absolute atomic E-state index is 0.117. The standard InChI is InChI=1S/C12H17NO/c1-7-5-10(14)8(2)9-6-12(3,4)13-11(7)9/h5,13-14H,6H2,1-4H3. The van der Waals surface area contributed by atoms with E-state index >= 15 is 0 Å². The SMILES string of the molecule is Cc1cc(O)c(C)c2c1NC(C)(C)C2. The van der Waals surface area contributed by atoms with Gasteiger partial charge in [-0.25, -0.2) is 0 Å². The normalized spacial score (nSPS) is 17.7. The summed E-state index contributed by atoms with van der Waals surface area (Å²) in [5, 5.41) is 13.2. The number of phenolic OH excluding ortho intramolecular Hbond substituents is 1. The molecule has 0 amide bonds. The predicted octanol–water partition coefficient (Wildman–Crippen LogP) is 2.76. The van der Waals surface area contributed by atoms with Crippen LogP contribution in [0.25, 0.3) is 0 Å². The largest absolute Gasteiger partial charge is 0.508 e. The zero-order chi connectivity index (χ0) is 10.5. The Labute approximate surface area is 85.0 Å². The summed E-state index contributed by atoms with van der Waals surface area (Å²) in [6.07, 6.45) is 0.989. The molecule has 0 atom stereocenters. The summed E-state index contributed by atoms with van der Waals surface area (Å²) in [5.74, 6) is 0.417.